The maximum Gasteiger partial charge on any atom is 0.338 e. The van der Waals surface area contributed by atoms with Crippen molar-refractivity contribution in [3.63, 3.8) is 0 Å². The van der Waals surface area contributed by atoms with Crippen molar-refractivity contribution in [2.75, 3.05) is 6.61 Å². The summed E-state index contributed by atoms with van der Waals surface area (Å²) in [6.07, 6.45) is 2.62. The van der Waals surface area contributed by atoms with E-state index in [1.54, 1.807) is 13.0 Å². The minimum Gasteiger partial charge on any atom is -0.487 e. The number of aryl methyl sites for hydroxylation is 1. The van der Waals surface area contributed by atoms with Gasteiger partial charge in [0.15, 0.2) is 0 Å². The molecule has 0 unspecified atom stereocenters. The summed E-state index contributed by atoms with van der Waals surface area (Å²) in [6.45, 7) is 4.33. The average Bonchev–Trinajstić information content (AvgIpc) is 3.42. The predicted octanol–water partition coefficient (Wildman–Crippen LogP) is 5.88. The number of hydrogen-bond donors (Lipinski definition) is 0. The number of benzene rings is 2. The molecule has 32 heavy (non-hydrogen) atoms. The predicted molar refractivity (Wildman–Crippen MR) is 124 cm³/mol. The number of nitrogens with zero attached hydrogens (tertiary/aromatic N) is 2. The zero-order chi connectivity index (χ0) is 22.5. The van der Waals surface area contributed by atoms with Gasteiger partial charge in [-0.15, -0.1) is 0 Å². The van der Waals surface area contributed by atoms with Crippen LogP contribution in [0.25, 0.3) is 5.69 Å². The van der Waals surface area contributed by atoms with Crippen molar-refractivity contribution in [2.45, 2.75) is 26.9 Å². The van der Waals surface area contributed by atoms with Gasteiger partial charge in [-0.3, -0.25) is 0 Å². The molecular formula is C25H23BrN2O4. The molecule has 0 spiro atoms. The number of carbonyl (C=O) groups excluding carboxylic acids is 1. The maximum absolute atomic E-state index is 12.1. The van der Waals surface area contributed by atoms with E-state index >= 15 is 0 Å². The van der Waals surface area contributed by atoms with Crippen molar-refractivity contribution in [3.05, 3.63) is 99.6 Å². The van der Waals surface area contributed by atoms with Crippen LogP contribution in [0.15, 0.2) is 75.9 Å². The fraction of sp³-hybridized carbons (Fsp3) is 0.200. The molecule has 2 heterocycles. The number of esters is 1. The van der Waals surface area contributed by atoms with E-state index in [1.807, 2.05) is 55.6 Å². The van der Waals surface area contributed by atoms with Crippen LogP contribution >= 0.6 is 15.9 Å². The van der Waals surface area contributed by atoms with Crippen LogP contribution in [0.3, 0.4) is 0 Å². The minimum absolute atomic E-state index is 0.325. The molecule has 0 atom stereocenters. The van der Waals surface area contributed by atoms with Crippen LogP contribution in [-0.2, 0) is 17.8 Å². The van der Waals surface area contributed by atoms with Gasteiger partial charge in [0, 0.05) is 40.1 Å². The van der Waals surface area contributed by atoms with Crippen molar-refractivity contribution in [1.29, 1.82) is 0 Å². The largest absolute Gasteiger partial charge is 0.487 e. The first-order chi connectivity index (χ1) is 15.5. The van der Waals surface area contributed by atoms with E-state index in [1.165, 1.54) is 0 Å². The highest BCUT2D eigenvalue weighted by molar-refractivity contribution is 9.10. The quantitative estimate of drug-likeness (QED) is 0.286. The Morgan fingerprint density at radius 1 is 1.12 bits per heavy atom. The second-order valence-corrected chi connectivity index (χ2v) is 8.20. The van der Waals surface area contributed by atoms with Gasteiger partial charge < -0.3 is 18.6 Å². The number of aromatic nitrogens is 2. The number of rotatable bonds is 8. The molecule has 0 aliphatic heterocycles. The summed E-state index contributed by atoms with van der Waals surface area (Å²) in [5.41, 5.74) is 4.26. The first-order valence-corrected chi connectivity index (χ1v) is 11.1. The molecule has 0 N–H and O–H groups in total. The molecular weight excluding hydrogens is 472 g/mol. The second-order valence-electron chi connectivity index (χ2n) is 7.29. The highest BCUT2D eigenvalue weighted by atomic mass is 79.9. The number of hydrogen-bond acceptors (Lipinski definition) is 5. The Hall–Kier alpha value is -3.32. The van der Waals surface area contributed by atoms with Gasteiger partial charge in [0.2, 0.25) is 0 Å². The Kier molecular flexibility index (Phi) is 6.75. The lowest BCUT2D eigenvalue weighted by molar-refractivity contribution is 0.0526. The molecule has 0 radical (unpaired) electrons. The molecule has 0 fully saturated rings. The Balaban J connectivity index is 1.59. The highest BCUT2D eigenvalue weighted by Gasteiger charge is 2.13. The maximum atomic E-state index is 12.1. The molecule has 2 aromatic heterocycles. The van der Waals surface area contributed by atoms with Crippen LogP contribution in [0, 0.1) is 6.92 Å². The minimum atomic E-state index is -0.325. The lowest BCUT2D eigenvalue weighted by atomic mass is 10.1. The fourth-order valence-electron chi connectivity index (χ4n) is 3.47. The van der Waals surface area contributed by atoms with E-state index in [-0.39, 0.29) is 5.97 Å². The molecule has 0 bridgehead atoms. The topological polar surface area (TPSA) is 66.5 Å². The Bertz CT molecular complexity index is 1230. The third-order valence-corrected chi connectivity index (χ3v) is 5.41. The molecule has 164 valence electrons. The molecule has 0 saturated carbocycles. The summed E-state index contributed by atoms with van der Waals surface area (Å²) in [5.74, 6) is 1.21. The monoisotopic (exact) mass is 494 g/mol. The zero-order valence-corrected chi connectivity index (χ0v) is 19.5. The van der Waals surface area contributed by atoms with Gasteiger partial charge in [-0.05, 0) is 62.4 Å². The van der Waals surface area contributed by atoms with Gasteiger partial charge in [0.25, 0.3) is 0 Å². The van der Waals surface area contributed by atoms with E-state index in [4.69, 9.17) is 14.0 Å². The molecule has 0 aliphatic carbocycles. The van der Waals surface area contributed by atoms with Gasteiger partial charge in [-0.1, -0.05) is 27.2 Å². The Morgan fingerprint density at radius 3 is 2.78 bits per heavy atom. The van der Waals surface area contributed by atoms with E-state index in [9.17, 15) is 4.79 Å². The number of carbonyl (C=O) groups is 1. The smallest absolute Gasteiger partial charge is 0.338 e. The summed E-state index contributed by atoms with van der Waals surface area (Å²) < 4.78 is 19.3. The van der Waals surface area contributed by atoms with E-state index in [0.717, 1.165) is 38.6 Å². The second kappa shape index (κ2) is 9.87. The normalized spacial score (nSPS) is 10.8. The van der Waals surface area contributed by atoms with Crippen molar-refractivity contribution < 1.29 is 18.8 Å². The van der Waals surface area contributed by atoms with E-state index < -0.39 is 0 Å². The molecule has 6 nitrogen and oxygen atoms in total. The third kappa shape index (κ3) is 5.11. The molecule has 0 amide bonds. The zero-order valence-electron chi connectivity index (χ0n) is 17.9. The first-order valence-electron chi connectivity index (χ1n) is 10.3. The number of halogens is 1. The summed E-state index contributed by atoms with van der Waals surface area (Å²) in [7, 11) is 0. The summed E-state index contributed by atoms with van der Waals surface area (Å²) in [4.78, 5) is 12.1. The highest BCUT2D eigenvalue weighted by Crippen LogP contribution is 2.28. The van der Waals surface area contributed by atoms with Crippen molar-refractivity contribution >= 4 is 21.9 Å². The molecule has 7 heteroatoms. The van der Waals surface area contributed by atoms with Gasteiger partial charge in [-0.25, -0.2) is 4.79 Å². The summed E-state index contributed by atoms with van der Waals surface area (Å²) >= 11 is 3.56. The van der Waals surface area contributed by atoms with Crippen LogP contribution in [0.5, 0.6) is 5.75 Å². The van der Waals surface area contributed by atoms with Crippen molar-refractivity contribution in [3.8, 4) is 11.4 Å². The standard InChI is InChI=1S/C25H23BrN2O4/c1-3-30-25(29)18-6-4-7-22(14-18)28-11-5-8-23(28)15-19-13-20(26)9-10-24(19)31-16-21-12-17(2)32-27-21/h4-14H,3,15-16H2,1-2H3. The summed E-state index contributed by atoms with van der Waals surface area (Å²) in [6, 6.07) is 19.3. The molecule has 0 saturated heterocycles. The fourth-order valence-corrected chi connectivity index (χ4v) is 3.88. The van der Waals surface area contributed by atoms with Crippen molar-refractivity contribution in [2.24, 2.45) is 0 Å². The van der Waals surface area contributed by atoms with Gasteiger partial charge >= 0.3 is 5.97 Å². The van der Waals surface area contributed by atoms with Crippen LogP contribution in [0.1, 0.15) is 40.0 Å². The van der Waals surface area contributed by atoms with Crippen molar-refractivity contribution in [1.82, 2.24) is 9.72 Å². The molecule has 4 rings (SSSR count). The summed E-state index contributed by atoms with van der Waals surface area (Å²) in [5, 5.41) is 3.99. The first kappa shape index (κ1) is 21.9. The van der Waals surface area contributed by atoms with Gasteiger partial charge in [-0.2, -0.15) is 0 Å². The molecule has 0 aliphatic rings. The van der Waals surface area contributed by atoms with Gasteiger partial charge in [0.05, 0.1) is 12.2 Å². The lowest BCUT2D eigenvalue weighted by Crippen LogP contribution is -2.07. The van der Waals surface area contributed by atoms with E-state index in [0.29, 0.717) is 25.2 Å². The van der Waals surface area contributed by atoms with E-state index in [2.05, 4.69) is 37.8 Å². The third-order valence-electron chi connectivity index (χ3n) is 4.92. The lowest BCUT2D eigenvalue weighted by Gasteiger charge is -2.14. The molecule has 4 aromatic rings. The van der Waals surface area contributed by atoms with Crippen LogP contribution < -0.4 is 4.74 Å². The average molecular weight is 495 g/mol. The Labute approximate surface area is 194 Å². The Morgan fingerprint density at radius 2 is 2.00 bits per heavy atom. The van der Waals surface area contributed by atoms with Crippen LogP contribution in [-0.4, -0.2) is 22.3 Å². The number of ether oxygens (including phenoxy) is 2. The van der Waals surface area contributed by atoms with Gasteiger partial charge in [0.1, 0.15) is 23.8 Å². The SMILES string of the molecule is CCOC(=O)c1cccc(-n2cccc2Cc2cc(Br)ccc2OCc2cc(C)on2)c1. The van der Waals surface area contributed by atoms with Crippen LogP contribution in [0.4, 0.5) is 0 Å². The van der Waals surface area contributed by atoms with Crippen LogP contribution in [0.2, 0.25) is 0 Å². The molecule has 2 aromatic carbocycles.